The first-order chi connectivity index (χ1) is 21.1. The molecule has 4 rings (SSSR count). The lowest BCUT2D eigenvalue weighted by Gasteiger charge is -2.16. The predicted octanol–water partition coefficient (Wildman–Crippen LogP) is 7.42. The van der Waals surface area contributed by atoms with E-state index in [4.69, 9.17) is 0 Å². The van der Waals surface area contributed by atoms with E-state index in [1.165, 1.54) is 54.2 Å². The number of amides is 3. The molecule has 1 unspecified atom stereocenters. The maximum absolute atomic E-state index is 14.3. The number of rotatable bonds is 11. The molecule has 224 valence electrons. The Kier molecular flexibility index (Phi) is 11.0. The van der Waals surface area contributed by atoms with Crippen molar-refractivity contribution in [1.29, 1.82) is 0 Å². The summed E-state index contributed by atoms with van der Waals surface area (Å²) in [7, 11) is 0. The molecule has 0 bridgehead atoms. The number of hydrogen-bond donors (Lipinski definition) is 3. The summed E-state index contributed by atoms with van der Waals surface area (Å²) in [5, 5.41) is 18.5. The molecule has 3 N–H and O–H groups in total. The summed E-state index contributed by atoms with van der Waals surface area (Å²) in [6, 6.07) is 25.1. The van der Waals surface area contributed by atoms with Crippen molar-refractivity contribution < 1.29 is 23.7 Å². The Labute approximate surface area is 265 Å². The molecule has 44 heavy (non-hydrogen) atoms. The fraction of sp³-hybridized carbons (Fsp3) is 0.0938. The molecule has 0 radical (unpaired) electrons. The van der Waals surface area contributed by atoms with Crippen LogP contribution in [0.3, 0.4) is 0 Å². The van der Waals surface area contributed by atoms with Crippen molar-refractivity contribution in [1.82, 2.24) is 5.32 Å². The molecule has 0 aliphatic carbocycles. The Hall–Kier alpha value is -4.81. The lowest BCUT2D eigenvalue weighted by Crippen LogP contribution is -2.30. The zero-order valence-electron chi connectivity index (χ0n) is 23.3. The monoisotopic (exact) mass is 676 g/mol. The van der Waals surface area contributed by atoms with Crippen molar-refractivity contribution >= 4 is 68.6 Å². The van der Waals surface area contributed by atoms with E-state index >= 15 is 0 Å². The van der Waals surface area contributed by atoms with Gasteiger partial charge in [-0.15, -0.1) is 11.8 Å². The van der Waals surface area contributed by atoms with Gasteiger partial charge in [0.2, 0.25) is 5.91 Å². The smallest absolute Gasteiger partial charge is 0.272 e. The van der Waals surface area contributed by atoms with Gasteiger partial charge in [0, 0.05) is 32.8 Å². The average molecular weight is 678 g/mol. The number of halogens is 2. The number of nitrogens with zero attached hydrogens (tertiary/aromatic N) is 1. The van der Waals surface area contributed by atoms with Crippen molar-refractivity contribution in [3.05, 3.63) is 134 Å². The molecule has 3 amide bonds. The second-order valence-electron chi connectivity index (χ2n) is 9.34. The van der Waals surface area contributed by atoms with E-state index in [2.05, 4.69) is 31.9 Å². The number of thioether (sulfide) groups is 1. The lowest BCUT2D eigenvalue weighted by atomic mass is 10.1. The minimum Gasteiger partial charge on any atom is -0.323 e. The van der Waals surface area contributed by atoms with Crippen LogP contribution in [0.4, 0.5) is 21.5 Å². The number of nitro groups is 1. The molecule has 4 aromatic carbocycles. The van der Waals surface area contributed by atoms with Crippen molar-refractivity contribution in [2.75, 3.05) is 10.6 Å². The molecule has 1 atom stereocenters. The summed E-state index contributed by atoms with van der Waals surface area (Å²) in [6.45, 7) is 1.84. The Morgan fingerprint density at radius 3 is 2.34 bits per heavy atom. The first-order valence-electron chi connectivity index (χ1n) is 13.3. The van der Waals surface area contributed by atoms with Crippen LogP contribution in [0.5, 0.6) is 0 Å². The number of non-ortho nitro benzene ring substituents is 1. The number of hydrogen-bond acceptors (Lipinski definition) is 6. The van der Waals surface area contributed by atoms with Gasteiger partial charge in [0.1, 0.15) is 11.5 Å². The molecule has 0 spiro atoms. The molecule has 9 nitrogen and oxygen atoms in total. The van der Waals surface area contributed by atoms with Gasteiger partial charge in [-0.2, -0.15) is 0 Å². The predicted molar refractivity (Wildman–Crippen MR) is 173 cm³/mol. The molecular formula is C32H26BrFN4O5S. The van der Waals surface area contributed by atoms with Gasteiger partial charge in [0.15, 0.2) is 0 Å². The Morgan fingerprint density at radius 2 is 1.68 bits per heavy atom. The van der Waals surface area contributed by atoms with Crippen LogP contribution < -0.4 is 16.0 Å². The zero-order valence-corrected chi connectivity index (χ0v) is 25.7. The number of nitro benzene ring substituents is 1. The SMILES string of the molecule is CCC(Sc1cccc(NC(=O)/C(=C\c2ccc([N+](=O)[O-])cc2)NC(=O)c2ccccc2)c1)C(=O)Nc1ccc(Br)cc1F. The summed E-state index contributed by atoms with van der Waals surface area (Å²) in [6.07, 6.45) is 1.87. The number of nitrogens with one attached hydrogen (secondary N) is 3. The van der Waals surface area contributed by atoms with Crippen LogP contribution in [0.1, 0.15) is 29.3 Å². The van der Waals surface area contributed by atoms with Gasteiger partial charge in [0.05, 0.1) is 15.9 Å². The molecule has 0 aliphatic heterocycles. The molecule has 12 heteroatoms. The van der Waals surface area contributed by atoms with Gasteiger partial charge in [-0.1, -0.05) is 47.1 Å². The highest BCUT2D eigenvalue weighted by molar-refractivity contribution is 9.10. The molecular weight excluding hydrogens is 651 g/mol. The fourth-order valence-electron chi connectivity index (χ4n) is 3.94. The van der Waals surface area contributed by atoms with E-state index in [1.54, 1.807) is 60.7 Å². The lowest BCUT2D eigenvalue weighted by molar-refractivity contribution is -0.384. The minimum absolute atomic E-state index is 0.0724. The molecule has 0 saturated heterocycles. The van der Waals surface area contributed by atoms with E-state index in [0.29, 0.717) is 32.6 Å². The van der Waals surface area contributed by atoms with Crippen molar-refractivity contribution in [3.63, 3.8) is 0 Å². The Morgan fingerprint density at radius 1 is 0.955 bits per heavy atom. The van der Waals surface area contributed by atoms with Crippen LogP contribution in [-0.4, -0.2) is 27.9 Å². The highest BCUT2D eigenvalue weighted by Crippen LogP contribution is 2.29. The third-order valence-corrected chi connectivity index (χ3v) is 8.02. The summed E-state index contributed by atoms with van der Waals surface area (Å²) >= 11 is 4.45. The van der Waals surface area contributed by atoms with Crippen molar-refractivity contribution in [2.24, 2.45) is 0 Å². The molecule has 0 aliphatic rings. The van der Waals surface area contributed by atoms with E-state index in [-0.39, 0.29) is 23.0 Å². The fourth-order valence-corrected chi connectivity index (χ4v) is 5.28. The van der Waals surface area contributed by atoms with E-state index in [0.717, 1.165) is 0 Å². The van der Waals surface area contributed by atoms with Crippen LogP contribution in [0.15, 0.2) is 112 Å². The minimum atomic E-state index is -0.634. The highest BCUT2D eigenvalue weighted by atomic mass is 79.9. The number of carbonyl (C=O) groups excluding carboxylic acids is 3. The van der Waals surface area contributed by atoms with Gasteiger partial charge in [-0.25, -0.2) is 4.39 Å². The first kappa shape index (κ1) is 32.1. The molecule has 0 aromatic heterocycles. The van der Waals surface area contributed by atoms with Crippen LogP contribution >= 0.6 is 27.7 Å². The molecule has 0 saturated carbocycles. The maximum atomic E-state index is 14.3. The topological polar surface area (TPSA) is 130 Å². The molecule has 0 heterocycles. The number of benzene rings is 4. The second-order valence-corrected chi connectivity index (χ2v) is 11.5. The molecule has 0 fully saturated rings. The van der Waals surface area contributed by atoms with Crippen LogP contribution in [0.2, 0.25) is 0 Å². The third-order valence-electron chi connectivity index (χ3n) is 6.17. The van der Waals surface area contributed by atoms with Crippen LogP contribution in [0.25, 0.3) is 6.08 Å². The van der Waals surface area contributed by atoms with E-state index < -0.39 is 27.8 Å². The van der Waals surface area contributed by atoms with Gasteiger partial charge in [0.25, 0.3) is 17.5 Å². The Balaban J connectivity index is 1.51. The highest BCUT2D eigenvalue weighted by Gasteiger charge is 2.20. The van der Waals surface area contributed by atoms with Gasteiger partial charge >= 0.3 is 0 Å². The van der Waals surface area contributed by atoms with Gasteiger partial charge in [-0.3, -0.25) is 24.5 Å². The quantitative estimate of drug-likeness (QED) is 0.0656. The molecule has 4 aromatic rings. The van der Waals surface area contributed by atoms with E-state index in [1.807, 2.05) is 6.92 Å². The van der Waals surface area contributed by atoms with Crippen LogP contribution in [-0.2, 0) is 9.59 Å². The normalized spacial score (nSPS) is 11.8. The number of carbonyl (C=O) groups is 3. The van der Waals surface area contributed by atoms with Gasteiger partial charge < -0.3 is 16.0 Å². The van der Waals surface area contributed by atoms with Crippen molar-refractivity contribution in [3.8, 4) is 0 Å². The van der Waals surface area contributed by atoms with Crippen LogP contribution in [0, 0.1) is 15.9 Å². The third kappa shape index (κ3) is 8.85. The van der Waals surface area contributed by atoms with E-state index in [9.17, 15) is 28.9 Å². The Bertz CT molecular complexity index is 1720. The van der Waals surface area contributed by atoms with Gasteiger partial charge in [-0.05, 0) is 78.7 Å². The zero-order chi connectivity index (χ0) is 31.6. The maximum Gasteiger partial charge on any atom is 0.272 e. The first-order valence-corrected chi connectivity index (χ1v) is 15.0. The summed E-state index contributed by atoms with van der Waals surface area (Å²) in [5.74, 6) is -2.08. The standard InChI is InChI=1S/C32H26BrFN4O5S/c1-2-29(32(41)36-27-16-13-22(33)18-26(27)34)44-25-10-6-9-23(19-25)35-31(40)28(37-30(39)21-7-4-3-5-8-21)17-20-11-14-24(15-12-20)38(42)43/h3-19,29H,2H2,1H3,(H,35,40)(H,36,41)(H,37,39)/b28-17+. The number of anilines is 2. The summed E-state index contributed by atoms with van der Waals surface area (Å²) in [5.41, 5.74) is 1.06. The van der Waals surface area contributed by atoms with Crippen molar-refractivity contribution in [2.45, 2.75) is 23.5 Å². The average Bonchev–Trinajstić information content (AvgIpc) is 3.01. The summed E-state index contributed by atoms with van der Waals surface area (Å²) in [4.78, 5) is 50.4. The summed E-state index contributed by atoms with van der Waals surface area (Å²) < 4.78 is 14.8. The largest absolute Gasteiger partial charge is 0.323 e. The second kappa shape index (κ2) is 15.1.